The Labute approximate surface area is 127 Å². The molecule has 5 heteroatoms. The molecule has 0 bridgehead atoms. The molecule has 0 aliphatic rings. The minimum atomic E-state index is 0.573. The first-order valence-corrected chi connectivity index (χ1v) is 7.11. The maximum absolute atomic E-state index is 5.64. The fourth-order valence-corrected chi connectivity index (χ4v) is 2.18. The molecule has 0 unspecified atom stereocenters. The number of benzene rings is 1. The third-order valence-corrected chi connectivity index (χ3v) is 3.20. The average molecular weight is 337 g/mol. The zero-order chi connectivity index (χ0) is 14.4. The number of aromatic nitrogens is 1. The number of aryl methyl sites for hydroxylation is 1. The van der Waals surface area contributed by atoms with Crippen molar-refractivity contribution in [2.75, 3.05) is 25.6 Å². The lowest BCUT2D eigenvalue weighted by atomic mass is 10.3. The number of ether oxygens (including phenoxy) is 2. The van der Waals surface area contributed by atoms with Crippen LogP contribution in [0.25, 0.3) is 0 Å². The summed E-state index contributed by atoms with van der Waals surface area (Å²) in [7, 11) is 1.65. The highest BCUT2D eigenvalue weighted by Crippen LogP contribution is 2.18. The number of nitrogens with zero attached hydrogens (tertiary/aromatic N) is 1. The molecule has 1 aromatic heterocycles. The van der Waals surface area contributed by atoms with Gasteiger partial charge in [0.05, 0.1) is 13.7 Å². The lowest BCUT2D eigenvalue weighted by Gasteiger charge is -2.10. The van der Waals surface area contributed by atoms with E-state index in [4.69, 9.17) is 9.47 Å². The summed E-state index contributed by atoms with van der Waals surface area (Å²) in [5.41, 5.74) is 1.10. The number of anilines is 1. The molecule has 1 N–H and O–H groups in total. The predicted octanol–water partition coefficient (Wildman–Crippen LogP) is 3.65. The highest BCUT2D eigenvalue weighted by Gasteiger charge is 2.00. The van der Waals surface area contributed by atoms with Gasteiger partial charge in [-0.1, -0.05) is 0 Å². The van der Waals surface area contributed by atoms with E-state index in [1.165, 1.54) is 0 Å². The Hall–Kier alpha value is -1.75. The molecule has 1 aromatic carbocycles. The molecule has 2 aromatic rings. The van der Waals surface area contributed by atoms with E-state index in [0.717, 1.165) is 27.4 Å². The largest absolute Gasteiger partial charge is 0.497 e. The van der Waals surface area contributed by atoms with Crippen LogP contribution in [0.2, 0.25) is 0 Å². The summed E-state index contributed by atoms with van der Waals surface area (Å²) in [4.78, 5) is 4.31. The number of hydrogen-bond donors (Lipinski definition) is 1. The predicted molar refractivity (Wildman–Crippen MR) is 83.7 cm³/mol. The van der Waals surface area contributed by atoms with Crippen molar-refractivity contribution in [1.82, 2.24) is 4.98 Å². The van der Waals surface area contributed by atoms with E-state index in [1.807, 2.05) is 37.3 Å². The van der Waals surface area contributed by atoms with Crippen LogP contribution in [0.4, 0.5) is 5.82 Å². The van der Waals surface area contributed by atoms with E-state index in [2.05, 4.69) is 26.2 Å². The Morgan fingerprint density at radius 1 is 1.20 bits per heavy atom. The van der Waals surface area contributed by atoms with Crippen LogP contribution in [-0.2, 0) is 0 Å². The Morgan fingerprint density at radius 2 is 1.90 bits per heavy atom. The smallest absolute Gasteiger partial charge is 0.129 e. The normalized spacial score (nSPS) is 10.2. The van der Waals surface area contributed by atoms with Crippen LogP contribution in [0.1, 0.15) is 5.56 Å². The van der Waals surface area contributed by atoms with Crippen LogP contribution < -0.4 is 14.8 Å². The number of rotatable bonds is 6. The van der Waals surface area contributed by atoms with E-state index in [1.54, 1.807) is 13.3 Å². The molecular weight excluding hydrogens is 320 g/mol. The lowest BCUT2D eigenvalue weighted by Crippen LogP contribution is -2.13. The molecule has 0 atom stereocenters. The second kappa shape index (κ2) is 7.14. The fourth-order valence-electron chi connectivity index (χ4n) is 1.74. The van der Waals surface area contributed by atoms with Gasteiger partial charge in [-0.2, -0.15) is 0 Å². The van der Waals surface area contributed by atoms with Gasteiger partial charge >= 0.3 is 0 Å². The standard InChI is InChI=1S/C15H17BrN2O2/c1-11-9-12(16)10-18-15(11)17-7-8-20-14-5-3-13(19-2)4-6-14/h3-6,9-10H,7-8H2,1-2H3,(H,17,18). The van der Waals surface area contributed by atoms with Crippen LogP contribution >= 0.6 is 15.9 Å². The van der Waals surface area contributed by atoms with Crippen LogP contribution in [0.3, 0.4) is 0 Å². The van der Waals surface area contributed by atoms with Crippen molar-refractivity contribution in [3.05, 3.63) is 46.6 Å². The molecule has 0 fully saturated rings. The number of pyridine rings is 1. The Morgan fingerprint density at radius 3 is 2.55 bits per heavy atom. The van der Waals surface area contributed by atoms with Crippen molar-refractivity contribution in [3.8, 4) is 11.5 Å². The van der Waals surface area contributed by atoms with Crippen LogP contribution in [0.5, 0.6) is 11.5 Å². The first-order chi connectivity index (χ1) is 9.69. The van der Waals surface area contributed by atoms with Gasteiger partial charge in [-0.05, 0) is 58.7 Å². The van der Waals surface area contributed by atoms with E-state index >= 15 is 0 Å². The number of hydrogen-bond acceptors (Lipinski definition) is 4. The van der Waals surface area contributed by atoms with Crippen LogP contribution in [0, 0.1) is 6.92 Å². The lowest BCUT2D eigenvalue weighted by molar-refractivity contribution is 0.331. The van der Waals surface area contributed by atoms with Crippen molar-refractivity contribution in [1.29, 1.82) is 0 Å². The fraction of sp³-hybridized carbons (Fsp3) is 0.267. The maximum Gasteiger partial charge on any atom is 0.129 e. The molecule has 0 amide bonds. The molecular formula is C15H17BrN2O2. The van der Waals surface area contributed by atoms with Gasteiger partial charge in [0.2, 0.25) is 0 Å². The Kier molecular flexibility index (Phi) is 5.24. The third kappa shape index (κ3) is 4.13. The van der Waals surface area contributed by atoms with Gasteiger partial charge in [-0.3, -0.25) is 0 Å². The van der Waals surface area contributed by atoms with Gasteiger partial charge in [-0.25, -0.2) is 4.98 Å². The topological polar surface area (TPSA) is 43.4 Å². The summed E-state index contributed by atoms with van der Waals surface area (Å²) >= 11 is 3.40. The SMILES string of the molecule is COc1ccc(OCCNc2ncc(Br)cc2C)cc1. The van der Waals surface area contributed by atoms with Crippen molar-refractivity contribution < 1.29 is 9.47 Å². The third-order valence-electron chi connectivity index (χ3n) is 2.77. The molecule has 20 heavy (non-hydrogen) atoms. The monoisotopic (exact) mass is 336 g/mol. The Bertz CT molecular complexity index is 558. The molecule has 0 aliphatic carbocycles. The second-order valence-electron chi connectivity index (χ2n) is 4.27. The van der Waals surface area contributed by atoms with Gasteiger partial charge in [0.25, 0.3) is 0 Å². The quantitative estimate of drug-likeness (QED) is 0.817. The van der Waals surface area contributed by atoms with Crippen molar-refractivity contribution in [2.45, 2.75) is 6.92 Å². The zero-order valence-corrected chi connectivity index (χ0v) is 13.1. The maximum atomic E-state index is 5.64. The van der Waals surface area contributed by atoms with Gasteiger partial charge in [-0.15, -0.1) is 0 Å². The second-order valence-corrected chi connectivity index (χ2v) is 5.19. The highest BCUT2D eigenvalue weighted by molar-refractivity contribution is 9.10. The Balaban J connectivity index is 1.78. The number of methoxy groups -OCH3 is 1. The van der Waals surface area contributed by atoms with Gasteiger partial charge in [0, 0.05) is 10.7 Å². The summed E-state index contributed by atoms with van der Waals surface area (Å²) in [6, 6.07) is 9.57. The summed E-state index contributed by atoms with van der Waals surface area (Å²) in [6.07, 6.45) is 1.78. The zero-order valence-electron chi connectivity index (χ0n) is 11.5. The molecule has 1 heterocycles. The summed E-state index contributed by atoms with van der Waals surface area (Å²) in [5, 5.41) is 3.25. The molecule has 0 radical (unpaired) electrons. The molecule has 0 aliphatic heterocycles. The van der Waals surface area contributed by atoms with Crippen LogP contribution in [0.15, 0.2) is 41.0 Å². The van der Waals surface area contributed by atoms with Gasteiger partial charge < -0.3 is 14.8 Å². The summed E-state index contributed by atoms with van der Waals surface area (Å²) < 4.78 is 11.7. The van der Waals surface area contributed by atoms with Crippen molar-refractivity contribution in [3.63, 3.8) is 0 Å². The number of nitrogens with one attached hydrogen (secondary N) is 1. The highest BCUT2D eigenvalue weighted by atomic mass is 79.9. The molecule has 0 spiro atoms. The van der Waals surface area contributed by atoms with E-state index in [-0.39, 0.29) is 0 Å². The van der Waals surface area contributed by atoms with Gasteiger partial charge in [0.15, 0.2) is 0 Å². The molecule has 4 nitrogen and oxygen atoms in total. The summed E-state index contributed by atoms with van der Waals surface area (Å²) in [6.45, 7) is 3.29. The van der Waals surface area contributed by atoms with Gasteiger partial charge in [0.1, 0.15) is 23.9 Å². The van der Waals surface area contributed by atoms with E-state index in [9.17, 15) is 0 Å². The first-order valence-electron chi connectivity index (χ1n) is 6.32. The molecule has 0 saturated carbocycles. The minimum absolute atomic E-state index is 0.573. The van der Waals surface area contributed by atoms with E-state index in [0.29, 0.717) is 13.2 Å². The molecule has 2 rings (SSSR count). The van der Waals surface area contributed by atoms with E-state index < -0.39 is 0 Å². The molecule has 106 valence electrons. The van der Waals surface area contributed by atoms with Crippen molar-refractivity contribution >= 4 is 21.7 Å². The molecule has 0 saturated heterocycles. The van der Waals surface area contributed by atoms with Crippen molar-refractivity contribution in [2.24, 2.45) is 0 Å². The van der Waals surface area contributed by atoms with Crippen LogP contribution in [-0.4, -0.2) is 25.2 Å². The average Bonchev–Trinajstić information content (AvgIpc) is 2.46. The summed E-state index contributed by atoms with van der Waals surface area (Å²) in [5.74, 6) is 2.53. The number of halogens is 1. The minimum Gasteiger partial charge on any atom is -0.497 e. The first kappa shape index (κ1) is 14.7.